The zero-order chi connectivity index (χ0) is 13.4. The average Bonchev–Trinajstić information content (AvgIpc) is 2.69. The van der Waals surface area contributed by atoms with E-state index in [0.29, 0.717) is 0 Å². The second-order valence-electron chi connectivity index (χ2n) is 4.30. The summed E-state index contributed by atoms with van der Waals surface area (Å²) in [5, 5.41) is 0. The van der Waals surface area contributed by atoms with Gasteiger partial charge in [0.05, 0.1) is 17.6 Å². The van der Waals surface area contributed by atoms with E-state index in [4.69, 9.17) is 12.2 Å². The van der Waals surface area contributed by atoms with Gasteiger partial charge in [-0.3, -0.25) is 0 Å². The lowest BCUT2D eigenvalue weighted by atomic mass is 10.2. The molecule has 0 aliphatic carbocycles. The number of nitrogens with zero attached hydrogens (tertiary/aromatic N) is 1. The molecule has 0 saturated carbocycles. The van der Waals surface area contributed by atoms with Crippen molar-refractivity contribution < 1.29 is 0 Å². The van der Waals surface area contributed by atoms with Crippen molar-refractivity contribution in [2.75, 3.05) is 0 Å². The molecule has 0 saturated heterocycles. The molecule has 0 bridgehead atoms. The van der Waals surface area contributed by atoms with Gasteiger partial charge in [-0.15, -0.1) is 0 Å². The third-order valence-electron chi connectivity index (χ3n) is 2.99. The van der Waals surface area contributed by atoms with Crippen LogP contribution in [0.1, 0.15) is 5.56 Å². The van der Waals surface area contributed by atoms with Crippen LogP contribution >= 0.6 is 44.1 Å². The molecule has 0 radical (unpaired) electrons. The fraction of sp³-hybridized carbons (Fsp3) is 0.0714. The van der Waals surface area contributed by atoms with E-state index in [2.05, 4.69) is 59.6 Å². The summed E-state index contributed by atoms with van der Waals surface area (Å²) >= 11 is 12.4. The van der Waals surface area contributed by atoms with E-state index in [9.17, 15) is 0 Å². The Kier molecular flexibility index (Phi) is 3.60. The monoisotopic (exact) mass is 396 g/mol. The van der Waals surface area contributed by atoms with E-state index in [1.54, 1.807) is 0 Å². The molecule has 0 unspecified atom stereocenters. The van der Waals surface area contributed by atoms with Crippen molar-refractivity contribution in [1.82, 2.24) is 9.55 Å². The molecule has 3 rings (SSSR count). The summed E-state index contributed by atoms with van der Waals surface area (Å²) in [6.45, 7) is 0.766. The van der Waals surface area contributed by atoms with Gasteiger partial charge >= 0.3 is 0 Å². The van der Waals surface area contributed by atoms with Gasteiger partial charge in [0.2, 0.25) is 0 Å². The average molecular weight is 398 g/mol. The Bertz CT molecular complexity index is 787. The van der Waals surface area contributed by atoms with E-state index in [1.807, 2.05) is 24.3 Å². The molecule has 0 amide bonds. The number of aromatic nitrogens is 2. The summed E-state index contributed by atoms with van der Waals surface area (Å²) in [6, 6.07) is 14.4. The van der Waals surface area contributed by atoms with Crippen molar-refractivity contribution >= 4 is 55.1 Å². The molecule has 0 atom stereocenters. The number of benzene rings is 2. The van der Waals surface area contributed by atoms with Gasteiger partial charge in [-0.05, 0) is 48.1 Å². The highest BCUT2D eigenvalue weighted by atomic mass is 79.9. The fourth-order valence-electron chi connectivity index (χ4n) is 2.06. The van der Waals surface area contributed by atoms with Gasteiger partial charge in [-0.1, -0.05) is 44.0 Å². The van der Waals surface area contributed by atoms with Crippen molar-refractivity contribution in [2.45, 2.75) is 6.54 Å². The molecule has 1 aromatic heterocycles. The lowest BCUT2D eigenvalue weighted by Gasteiger charge is -2.05. The van der Waals surface area contributed by atoms with E-state index in [1.165, 1.54) is 5.56 Å². The quantitative estimate of drug-likeness (QED) is 0.584. The molecule has 0 spiro atoms. The van der Waals surface area contributed by atoms with E-state index in [-0.39, 0.29) is 0 Å². The largest absolute Gasteiger partial charge is 0.331 e. The van der Waals surface area contributed by atoms with Gasteiger partial charge < -0.3 is 9.55 Å². The van der Waals surface area contributed by atoms with Crippen molar-refractivity contribution in [3.8, 4) is 0 Å². The first-order valence-electron chi connectivity index (χ1n) is 5.76. The van der Waals surface area contributed by atoms with Crippen LogP contribution in [0.2, 0.25) is 0 Å². The van der Waals surface area contributed by atoms with Crippen LogP contribution in [0.4, 0.5) is 0 Å². The first kappa shape index (κ1) is 13.1. The fourth-order valence-corrected chi connectivity index (χ4v) is 2.94. The van der Waals surface area contributed by atoms with Crippen molar-refractivity contribution in [2.24, 2.45) is 0 Å². The second-order valence-corrected chi connectivity index (χ2v) is 6.52. The topological polar surface area (TPSA) is 20.7 Å². The highest BCUT2D eigenvalue weighted by molar-refractivity contribution is 9.10. The first-order chi connectivity index (χ1) is 9.13. The first-order valence-corrected chi connectivity index (χ1v) is 7.75. The molecule has 5 heteroatoms. The third kappa shape index (κ3) is 2.68. The Morgan fingerprint density at radius 3 is 2.42 bits per heavy atom. The number of rotatable bonds is 2. The molecule has 1 N–H and O–H groups in total. The van der Waals surface area contributed by atoms with Crippen molar-refractivity contribution in [3.63, 3.8) is 0 Å². The highest BCUT2D eigenvalue weighted by Crippen LogP contribution is 2.21. The molecule has 0 aliphatic heterocycles. The normalized spacial score (nSPS) is 11.1. The predicted molar refractivity (Wildman–Crippen MR) is 88.1 cm³/mol. The maximum atomic E-state index is 5.40. The van der Waals surface area contributed by atoms with Crippen LogP contribution in [-0.4, -0.2) is 9.55 Å². The molecule has 2 aromatic carbocycles. The Balaban J connectivity index is 2.09. The Hall–Kier alpha value is -0.910. The number of hydrogen-bond donors (Lipinski definition) is 1. The van der Waals surface area contributed by atoms with E-state index < -0.39 is 0 Å². The lowest BCUT2D eigenvalue weighted by Crippen LogP contribution is -1.99. The van der Waals surface area contributed by atoms with Crippen LogP contribution in [-0.2, 0) is 6.54 Å². The number of fused-ring (bicyclic) bond motifs is 1. The highest BCUT2D eigenvalue weighted by Gasteiger charge is 2.05. The van der Waals surface area contributed by atoms with Crippen LogP contribution in [0.5, 0.6) is 0 Å². The SMILES string of the molecule is S=c1[nH]c2ccc(Br)cc2n1Cc1ccc(Br)cc1. The van der Waals surface area contributed by atoms with Gasteiger partial charge in [0.25, 0.3) is 0 Å². The van der Waals surface area contributed by atoms with Crippen molar-refractivity contribution in [3.05, 3.63) is 61.7 Å². The van der Waals surface area contributed by atoms with Gasteiger partial charge in [-0.25, -0.2) is 0 Å². The predicted octanol–water partition coefficient (Wildman–Crippen LogP) is 5.27. The third-order valence-corrected chi connectivity index (χ3v) is 4.34. The second kappa shape index (κ2) is 5.23. The number of aromatic amines is 1. The van der Waals surface area contributed by atoms with Crippen LogP contribution in [0.25, 0.3) is 11.0 Å². The minimum Gasteiger partial charge on any atom is -0.331 e. The van der Waals surface area contributed by atoms with Crippen LogP contribution in [0.15, 0.2) is 51.4 Å². The summed E-state index contributed by atoms with van der Waals surface area (Å²) in [7, 11) is 0. The van der Waals surface area contributed by atoms with Crippen LogP contribution in [0.3, 0.4) is 0 Å². The molecule has 2 nitrogen and oxygen atoms in total. The Labute approximate surface area is 132 Å². The van der Waals surface area contributed by atoms with Crippen LogP contribution in [0, 0.1) is 4.77 Å². The van der Waals surface area contributed by atoms with E-state index >= 15 is 0 Å². The Morgan fingerprint density at radius 2 is 1.68 bits per heavy atom. The van der Waals surface area contributed by atoms with Gasteiger partial charge in [0, 0.05) is 8.95 Å². The maximum Gasteiger partial charge on any atom is 0.178 e. The Morgan fingerprint density at radius 1 is 1.00 bits per heavy atom. The zero-order valence-corrected chi connectivity index (χ0v) is 13.8. The summed E-state index contributed by atoms with van der Waals surface area (Å²) in [5.41, 5.74) is 3.40. The maximum absolute atomic E-state index is 5.40. The minimum atomic E-state index is 0.746. The molecule has 96 valence electrons. The summed E-state index contributed by atoms with van der Waals surface area (Å²) in [5.74, 6) is 0. The van der Waals surface area contributed by atoms with Crippen LogP contribution < -0.4 is 0 Å². The number of H-pyrrole nitrogens is 1. The molecule has 3 aromatic rings. The molecule has 0 fully saturated rings. The lowest BCUT2D eigenvalue weighted by molar-refractivity contribution is 0.810. The number of nitrogens with one attached hydrogen (secondary N) is 1. The molecular formula is C14H10Br2N2S. The summed E-state index contributed by atoms with van der Waals surface area (Å²) in [4.78, 5) is 3.23. The van der Waals surface area contributed by atoms with Crippen molar-refractivity contribution in [1.29, 1.82) is 0 Å². The number of imidazole rings is 1. The van der Waals surface area contributed by atoms with Gasteiger partial charge in [0.15, 0.2) is 4.77 Å². The van der Waals surface area contributed by atoms with E-state index in [0.717, 1.165) is 31.3 Å². The molecular weight excluding hydrogens is 388 g/mol. The summed E-state index contributed by atoms with van der Waals surface area (Å²) < 4.78 is 5.00. The molecule has 0 aliphatic rings. The molecule has 1 heterocycles. The number of hydrogen-bond acceptors (Lipinski definition) is 1. The smallest absolute Gasteiger partial charge is 0.178 e. The summed E-state index contributed by atoms with van der Waals surface area (Å²) in [6.07, 6.45) is 0. The van der Waals surface area contributed by atoms with Gasteiger partial charge in [0.1, 0.15) is 0 Å². The van der Waals surface area contributed by atoms with Gasteiger partial charge in [-0.2, -0.15) is 0 Å². The standard InChI is InChI=1S/C14H10Br2N2S/c15-10-3-1-9(2-4-10)8-18-13-7-11(16)5-6-12(13)17-14(18)19/h1-7H,8H2,(H,17,19). The number of halogens is 2. The zero-order valence-electron chi connectivity index (χ0n) is 9.86. The minimum absolute atomic E-state index is 0.746. The molecule has 19 heavy (non-hydrogen) atoms.